The van der Waals surface area contributed by atoms with Crippen LogP contribution in [0.3, 0.4) is 0 Å². The Balaban J connectivity index is 3.93. The fourth-order valence-corrected chi connectivity index (χ4v) is 6.85. The molecule has 0 aliphatic rings. The molecule has 0 rings (SSSR count). The summed E-state index contributed by atoms with van der Waals surface area (Å²) in [4.78, 5) is 12.7. The van der Waals surface area contributed by atoms with Crippen molar-refractivity contribution in [2.24, 2.45) is 0 Å². The van der Waals surface area contributed by atoms with Crippen LogP contribution in [0.2, 0.25) is 0 Å². The number of unbranched alkanes of at least 4 members (excludes halogenated alkanes) is 26. The van der Waals surface area contributed by atoms with Crippen molar-refractivity contribution in [3.8, 4) is 0 Å². The normalized spacial score (nSPS) is 13.2. The first kappa shape index (κ1) is 44.1. The topological polar surface area (TPSA) is 59.0 Å². The maximum atomic E-state index is 12.2. The van der Waals surface area contributed by atoms with E-state index >= 15 is 0 Å². The number of hydrogen-bond donors (Lipinski definition) is 1. The maximum absolute atomic E-state index is 12.2. The highest BCUT2D eigenvalue weighted by atomic mass is 31.2. The van der Waals surface area contributed by atoms with E-state index in [2.05, 4.69) is 25.7 Å². The van der Waals surface area contributed by atoms with Gasteiger partial charge in [-0.2, -0.15) is 0 Å². The minimum atomic E-state index is -3.90. The van der Waals surface area contributed by atoms with Crippen LogP contribution in [-0.4, -0.2) is 42.6 Å². The highest BCUT2D eigenvalue weighted by molar-refractivity contribution is 7.47. The molecular formula is C38H80NO4P. The van der Waals surface area contributed by atoms with Gasteiger partial charge in [0.25, 0.3) is 0 Å². The van der Waals surface area contributed by atoms with Gasteiger partial charge in [0.15, 0.2) is 0 Å². The lowest BCUT2D eigenvalue weighted by molar-refractivity contribution is 0.145. The van der Waals surface area contributed by atoms with Gasteiger partial charge in [-0.05, 0) is 51.7 Å². The van der Waals surface area contributed by atoms with Crippen molar-refractivity contribution in [1.82, 2.24) is 4.90 Å². The molecule has 1 atom stereocenters. The third-order valence-corrected chi connectivity index (χ3v) is 10.0. The second-order valence-corrected chi connectivity index (χ2v) is 15.0. The first-order valence-corrected chi connectivity index (χ1v) is 21.4. The van der Waals surface area contributed by atoms with Crippen LogP contribution in [0.1, 0.15) is 213 Å². The van der Waals surface area contributed by atoms with Crippen molar-refractivity contribution in [3.05, 3.63) is 0 Å². The predicted molar refractivity (Wildman–Crippen MR) is 194 cm³/mol. The summed E-state index contributed by atoms with van der Waals surface area (Å²) >= 11 is 0. The Morgan fingerprint density at radius 2 is 0.614 bits per heavy atom. The summed E-state index contributed by atoms with van der Waals surface area (Å²) in [6, 6.07) is 0. The molecule has 0 amide bonds. The molecule has 0 fully saturated rings. The molecule has 0 saturated heterocycles. The van der Waals surface area contributed by atoms with E-state index in [9.17, 15) is 9.46 Å². The molecule has 0 aliphatic carbocycles. The van der Waals surface area contributed by atoms with E-state index in [1.807, 2.05) is 0 Å². The molecule has 0 aromatic heterocycles. The minimum absolute atomic E-state index is 0.312. The largest absolute Gasteiger partial charge is 0.472 e. The SMILES string of the molecule is CCCCCCCCCCCCOP(=O)(O)OCCCCCCN(CCCCCCCCCC)CCCCCCCCCC. The quantitative estimate of drug-likeness (QED) is 0.0535. The third-order valence-electron chi connectivity index (χ3n) is 9.03. The van der Waals surface area contributed by atoms with Crippen molar-refractivity contribution in [3.63, 3.8) is 0 Å². The van der Waals surface area contributed by atoms with Crippen molar-refractivity contribution < 1.29 is 18.5 Å². The van der Waals surface area contributed by atoms with E-state index in [1.54, 1.807) is 0 Å². The molecule has 5 nitrogen and oxygen atoms in total. The molecule has 0 bridgehead atoms. The van der Waals surface area contributed by atoms with Crippen LogP contribution >= 0.6 is 7.82 Å². The number of nitrogens with zero attached hydrogens (tertiary/aromatic N) is 1. The Labute approximate surface area is 277 Å². The summed E-state index contributed by atoms with van der Waals surface area (Å²) in [6.07, 6.45) is 38.7. The van der Waals surface area contributed by atoms with Gasteiger partial charge >= 0.3 is 7.82 Å². The zero-order chi connectivity index (χ0) is 32.2. The number of phosphoric acid groups is 1. The van der Waals surface area contributed by atoms with Crippen LogP contribution in [0.15, 0.2) is 0 Å². The fourth-order valence-electron chi connectivity index (χ4n) is 6.05. The van der Waals surface area contributed by atoms with Crippen LogP contribution in [0.4, 0.5) is 0 Å². The number of phosphoric ester groups is 1. The lowest BCUT2D eigenvalue weighted by Crippen LogP contribution is -2.27. The fraction of sp³-hybridized carbons (Fsp3) is 1.00. The molecular weight excluding hydrogens is 565 g/mol. The van der Waals surface area contributed by atoms with Gasteiger partial charge < -0.3 is 9.79 Å². The Morgan fingerprint density at radius 3 is 0.886 bits per heavy atom. The van der Waals surface area contributed by atoms with Crippen molar-refractivity contribution in [2.45, 2.75) is 213 Å². The monoisotopic (exact) mass is 646 g/mol. The van der Waals surface area contributed by atoms with Gasteiger partial charge in [-0.1, -0.05) is 181 Å². The Morgan fingerprint density at radius 1 is 0.386 bits per heavy atom. The second kappa shape index (κ2) is 35.9. The molecule has 6 heteroatoms. The number of rotatable bonds is 38. The van der Waals surface area contributed by atoms with E-state index in [1.165, 1.54) is 180 Å². The van der Waals surface area contributed by atoms with Crippen LogP contribution in [-0.2, 0) is 13.6 Å². The van der Waals surface area contributed by atoms with Crippen LogP contribution in [0, 0.1) is 0 Å². The first-order valence-electron chi connectivity index (χ1n) is 19.9. The first-order chi connectivity index (χ1) is 21.6. The molecule has 0 heterocycles. The summed E-state index contributed by atoms with van der Waals surface area (Å²) in [5.74, 6) is 0. The zero-order valence-electron chi connectivity index (χ0n) is 30.3. The Bertz CT molecular complexity index is 571. The predicted octanol–water partition coefficient (Wildman–Crippen LogP) is 13.2. The van der Waals surface area contributed by atoms with E-state index in [0.717, 1.165) is 32.1 Å². The average molecular weight is 646 g/mol. The zero-order valence-corrected chi connectivity index (χ0v) is 31.2. The third kappa shape index (κ3) is 34.9. The molecule has 0 radical (unpaired) electrons. The molecule has 0 aromatic rings. The van der Waals surface area contributed by atoms with E-state index in [-0.39, 0.29) is 0 Å². The van der Waals surface area contributed by atoms with E-state index in [4.69, 9.17) is 9.05 Å². The number of hydrogen-bond acceptors (Lipinski definition) is 4. The van der Waals surface area contributed by atoms with Gasteiger partial charge in [0.05, 0.1) is 13.2 Å². The lowest BCUT2D eigenvalue weighted by atomic mass is 10.1. The lowest BCUT2D eigenvalue weighted by Gasteiger charge is -2.22. The van der Waals surface area contributed by atoms with E-state index in [0.29, 0.717) is 13.2 Å². The van der Waals surface area contributed by atoms with E-state index < -0.39 is 7.82 Å². The molecule has 0 aromatic carbocycles. The highest BCUT2D eigenvalue weighted by Crippen LogP contribution is 2.43. The van der Waals surface area contributed by atoms with Crippen LogP contribution < -0.4 is 0 Å². The molecule has 1 N–H and O–H groups in total. The van der Waals surface area contributed by atoms with Crippen LogP contribution in [0.5, 0.6) is 0 Å². The average Bonchev–Trinajstić information content (AvgIpc) is 3.01. The second-order valence-electron chi connectivity index (χ2n) is 13.5. The maximum Gasteiger partial charge on any atom is 0.472 e. The Kier molecular flexibility index (Phi) is 36.0. The minimum Gasteiger partial charge on any atom is -0.303 e. The molecule has 0 aliphatic heterocycles. The molecule has 0 spiro atoms. The van der Waals surface area contributed by atoms with Crippen molar-refractivity contribution in [2.75, 3.05) is 32.8 Å². The van der Waals surface area contributed by atoms with Gasteiger partial charge in [0.2, 0.25) is 0 Å². The van der Waals surface area contributed by atoms with Crippen LogP contribution in [0.25, 0.3) is 0 Å². The summed E-state index contributed by atoms with van der Waals surface area (Å²) in [7, 11) is -3.90. The van der Waals surface area contributed by atoms with Gasteiger partial charge in [0, 0.05) is 0 Å². The molecule has 44 heavy (non-hydrogen) atoms. The summed E-state index contributed by atoms with van der Waals surface area (Å²) in [6.45, 7) is 11.1. The van der Waals surface area contributed by atoms with Crippen molar-refractivity contribution >= 4 is 7.82 Å². The van der Waals surface area contributed by atoms with Gasteiger partial charge in [-0.3, -0.25) is 9.05 Å². The summed E-state index contributed by atoms with van der Waals surface area (Å²) < 4.78 is 22.6. The molecule has 1 unspecified atom stereocenters. The standard InChI is InChI=1S/C38H80NO4P/c1-4-7-10-13-16-19-20-23-27-32-37-42-44(40,41)43-38-33-28-26-31-36-39(34-29-24-21-17-14-11-8-5-2)35-30-25-22-18-15-12-9-6-3/h4-38H2,1-3H3,(H,40,41). The Hall–Kier alpha value is 0.0700. The van der Waals surface area contributed by atoms with Gasteiger partial charge in [0.1, 0.15) is 0 Å². The molecule has 0 saturated carbocycles. The molecule has 266 valence electrons. The highest BCUT2D eigenvalue weighted by Gasteiger charge is 2.20. The van der Waals surface area contributed by atoms with Gasteiger partial charge in [-0.25, -0.2) is 4.57 Å². The summed E-state index contributed by atoms with van der Waals surface area (Å²) in [5.41, 5.74) is 0. The van der Waals surface area contributed by atoms with Crippen molar-refractivity contribution in [1.29, 1.82) is 0 Å². The smallest absolute Gasteiger partial charge is 0.303 e. The summed E-state index contributed by atoms with van der Waals surface area (Å²) in [5, 5.41) is 0. The van der Waals surface area contributed by atoms with Gasteiger partial charge in [-0.15, -0.1) is 0 Å².